The Morgan fingerprint density at radius 3 is 2.68 bits per heavy atom. The maximum absolute atomic E-state index is 11.6. The van der Waals surface area contributed by atoms with E-state index in [2.05, 4.69) is 15.5 Å². The highest BCUT2D eigenvalue weighted by atomic mass is 16.6. The highest BCUT2D eigenvalue weighted by Gasteiger charge is 2.02. The molecule has 1 heterocycles. The second-order valence-corrected chi connectivity index (χ2v) is 4.17. The molecule has 1 N–H and O–H groups in total. The largest absolute Gasteiger partial charge is 0.272 e. The van der Waals surface area contributed by atoms with Crippen LogP contribution in [0.25, 0.3) is 6.08 Å². The second-order valence-electron chi connectivity index (χ2n) is 4.17. The van der Waals surface area contributed by atoms with Gasteiger partial charge in [0.2, 0.25) is 0 Å². The Hall–Kier alpha value is -3.35. The van der Waals surface area contributed by atoms with Crippen LogP contribution in [0, 0.1) is 10.1 Å². The van der Waals surface area contributed by atoms with Crippen molar-refractivity contribution in [3.8, 4) is 0 Å². The standard InChI is InChI=1S/C15H12N4O3/c20-15(13-4-2-9-16-11-13)18-17-10-1-3-12-5-7-14(8-6-12)19(21)22/h1-11H,(H,18,20)/b3-1+,17-10-. The number of aromatic nitrogens is 1. The maximum Gasteiger partial charge on any atom is 0.272 e. The van der Waals surface area contributed by atoms with Crippen LogP contribution in [0.5, 0.6) is 0 Å². The van der Waals surface area contributed by atoms with Crippen LogP contribution in [0.4, 0.5) is 5.69 Å². The number of hydrogen-bond acceptors (Lipinski definition) is 5. The number of allylic oxidation sites excluding steroid dienone is 1. The lowest BCUT2D eigenvalue weighted by atomic mass is 10.2. The predicted molar refractivity (Wildman–Crippen MR) is 82.3 cm³/mol. The molecule has 7 heteroatoms. The summed E-state index contributed by atoms with van der Waals surface area (Å²) in [6.45, 7) is 0. The summed E-state index contributed by atoms with van der Waals surface area (Å²) in [5.74, 6) is -0.354. The van der Waals surface area contributed by atoms with Crippen LogP contribution in [-0.4, -0.2) is 22.0 Å². The first kappa shape index (κ1) is 15.0. The summed E-state index contributed by atoms with van der Waals surface area (Å²) in [5.41, 5.74) is 3.60. The number of hydrazone groups is 1. The summed E-state index contributed by atoms with van der Waals surface area (Å²) in [4.78, 5) is 25.5. The predicted octanol–water partition coefficient (Wildman–Crippen LogP) is 2.42. The molecular formula is C15H12N4O3. The van der Waals surface area contributed by atoms with Gasteiger partial charge in [0.1, 0.15) is 0 Å². The van der Waals surface area contributed by atoms with Gasteiger partial charge in [-0.05, 0) is 35.9 Å². The van der Waals surface area contributed by atoms with E-state index in [9.17, 15) is 14.9 Å². The summed E-state index contributed by atoms with van der Waals surface area (Å²) in [5, 5.41) is 14.3. The number of nitrogens with one attached hydrogen (secondary N) is 1. The van der Waals surface area contributed by atoms with Crippen LogP contribution in [0.2, 0.25) is 0 Å². The molecular weight excluding hydrogens is 284 g/mol. The zero-order valence-corrected chi connectivity index (χ0v) is 11.4. The third-order valence-corrected chi connectivity index (χ3v) is 2.64. The second kappa shape index (κ2) is 7.44. The zero-order chi connectivity index (χ0) is 15.8. The fourth-order valence-electron chi connectivity index (χ4n) is 1.56. The molecule has 0 radical (unpaired) electrons. The molecule has 1 amide bonds. The first-order valence-corrected chi connectivity index (χ1v) is 6.31. The van der Waals surface area contributed by atoms with Crippen molar-refractivity contribution in [3.05, 3.63) is 76.1 Å². The molecule has 2 aromatic rings. The van der Waals surface area contributed by atoms with Crippen molar-refractivity contribution in [1.29, 1.82) is 0 Å². The van der Waals surface area contributed by atoms with E-state index < -0.39 is 4.92 Å². The van der Waals surface area contributed by atoms with E-state index >= 15 is 0 Å². The fourth-order valence-corrected chi connectivity index (χ4v) is 1.56. The van der Waals surface area contributed by atoms with Crippen molar-refractivity contribution in [3.63, 3.8) is 0 Å². The first-order valence-electron chi connectivity index (χ1n) is 6.31. The molecule has 110 valence electrons. The number of nitro groups is 1. The van der Waals surface area contributed by atoms with E-state index in [-0.39, 0.29) is 11.6 Å². The lowest BCUT2D eigenvalue weighted by Crippen LogP contribution is -2.17. The van der Waals surface area contributed by atoms with Crippen LogP contribution < -0.4 is 5.43 Å². The lowest BCUT2D eigenvalue weighted by Gasteiger charge is -1.97. The van der Waals surface area contributed by atoms with E-state index in [0.29, 0.717) is 5.56 Å². The van der Waals surface area contributed by atoms with Crippen molar-refractivity contribution >= 4 is 23.9 Å². The first-order chi connectivity index (χ1) is 10.7. The lowest BCUT2D eigenvalue weighted by molar-refractivity contribution is -0.384. The minimum atomic E-state index is -0.455. The summed E-state index contributed by atoms with van der Waals surface area (Å²) in [6.07, 6.45) is 7.76. The average molecular weight is 296 g/mol. The van der Waals surface area contributed by atoms with Gasteiger partial charge in [0.25, 0.3) is 11.6 Å². The average Bonchev–Trinajstić information content (AvgIpc) is 2.55. The molecule has 1 aromatic heterocycles. The van der Waals surface area contributed by atoms with Crippen LogP contribution >= 0.6 is 0 Å². The zero-order valence-electron chi connectivity index (χ0n) is 11.4. The van der Waals surface area contributed by atoms with Gasteiger partial charge < -0.3 is 0 Å². The number of hydrogen-bond donors (Lipinski definition) is 1. The monoisotopic (exact) mass is 296 g/mol. The smallest absolute Gasteiger partial charge is 0.267 e. The van der Waals surface area contributed by atoms with Gasteiger partial charge in [-0.25, -0.2) is 5.43 Å². The number of carbonyl (C=O) groups excluding carboxylic acids is 1. The Bertz CT molecular complexity index is 709. The third-order valence-electron chi connectivity index (χ3n) is 2.64. The van der Waals surface area contributed by atoms with Crippen LogP contribution in [0.3, 0.4) is 0 Å². The number of carbonyl (C=O) groups is 1. The molecule has 22 heavy (non-hydrogen) atoms. The van der Waals surface area contributed by atoms with Crippen LogP contribution in [0.1, 0.15) is 15.9 Å². The molecule has 0 atom stereocenters. The van der Waals surface area contributed by atoms with Crippen molar-refractivity contribution in [2.75, 3.05) is 0 Å². The molecule has 0 fully saturated rings. The number of pyridine rings is 1. The number of nitrogens with zero attached hydrogens (tertiary/aromatic N) is 3. The van der Waals surface area contributed by atoms with Crippen molar-refractivity contribution < 1.29 is 9.72 Å². The molecule has 7 nitrogen and oxygen atoms in total. The molecule has 0 aliphatic heterocycles. The molecule has 0 spiro atoms. The molecule has 0 aliphatic carbocycles. The SMILES string of the molecule is O=C(N/N=C\C=C\c1ccc([N+](=O)[O-])cc1)c1cccnc1. The molecule has 0 saturated heterocycles. The topological polar surface area (TPSA) is 97.5 Å². The van der Waals surface area contributed by atoms with Gasteiger partial charge in [-0.3, -0.25) is 19.9 Å². The summed E-state index contributed by atoms with van der Waals surface area (Å²) < 4.78 is 0. The fraction of sp³-hybridized carbons (Fsp3) is 0. The number of rotatable bonds is 5. The number of nitro benzene ring substituents is 1. The summed E-state index contributed by atoms with van der Waals surface area (Å²) in [7, 11) is 0. The molecule has 2 rings (SSSR count). The number of amides is 1. The molecule has 0 unspecified atom stereocenters. The summed E-state index contributed by atoms with van der Waals surface area (Å²) in [6, 6.07) is 9.37. The Morgan fingerprint density at radius 2 is 2.05 bits per heavy atom. The Balaban J connectivity index is 1.87. The highest BCUT2D eigenvalue weighted by molar-refractivity contribution is 5.94. The molecule has 0 saturated carbocycles. The van der Waals surface area contributed by atoms with Crippen molar-refractivity contribution in [2.45, 2.75) is 0 Å². The number of non-ortho nitro benzene ring substituents is 1. The van der Waals surface area contributed by atoms with Gasteiger partial charge in [0.05, 0.1) is 10.5 Å². The number of benzene rings is 1. The normalized spacial score (nSPS) is 10.9. The van der Waals surface area contributed by atoms with Gasteiger partial charge in [0.15, 0.2) is 0 Å². The summed E-state index contributed by atoms with van der Waals surface area (Å²) >= 11 is 0. The van der Waals surface area contributed by atoms with Gasteiger partial charge in [-0.15, -0.1) is 0 Å². The van der Waals surface area contributed by atoms with Gasteiger partial charge >= 0.3 is 0 Å². The van der Waals surface area contributed by atoms with Gasteiger partial charge in [-0.1, -0.05) is 6.08 Å². The van der Waals surface area contributed by atoms with Crippen LogP contribution in [-0.2, 0) is 0 Å². The minimum absolute atomic E-state index is 0.0366. The van der Waals surface area contributed by atoms with Gasteiger partial charge in [-0.2, -0.15) is 5.10 Å². The molecule has 0 bridgehead atoms. The Labute approximate surface area is 126 Å². The minimum Gasteiger partial charge on any atom is -0.267 e. The third kappa shape index (κ3) is 4.34. The maximum atomic E-state index is 11.6. The van der Waals surface area contributed by atoms with Gasteiger partial charge in [0, 0.05) is 30.7 Å². The van der Waals surface area contributed by atoms with E-state index in [4.69, 9.17) is 0 Å². The van der Waals surface area contributed by atoms with E-state index in [1.165, 1.54) is 24.5 Å². The Morgan fingerprint density at radius 1 is 1.27 bits per heavy atom. The quantitative estimate of drug-likeness (QED) is 0.520. The highest BCUT2D eigenvalue weighted by Crippen LogP contribution is 2.12. The van der Waals surface area contributed by atoms with Crippen LogP contribution in [0.15, 0.2) is 60.0 Å². The Kier molecular flexibility index (Phi) is 5.09. The van der Waals surface area contributed by atoms with E-state index in [0.717, 1.165) is 5.56 Å². The van der Waals surface area contributed by atoms with E-state index in [1.54, 1.807) is 42.6 Å². The molecule has 0 aliphatic rings. The van der Waals surface area contributed by atoms with Crippen molar-refractivity contribution in [1.82, 2.24) is 10.4 Å². The molecule has 1 aromatic carbocycles. The van der Waals surface area contributed by atoms with E-state index in [1.807, 2.05) is 0 Å². The van der Waals surface area contributed by atoms with Crippen molar-refractivity contribution in [2.24, 2.45) is 5.10 Å².